The van der Waals surface area contributed by atoms with E-state index in [1.165, 1.54) is 24.0 Å². The molecule has 5 heteroatoms. The molecule has 1 aromatic heterocycles. The van der Waals surface area contributed by atoms with Gasteiger partial charge in [0, 0.05) is 34.7 Å². The second-order valence-electron chi connectivity index (χ2n) is 4.66. The molecule has 0 aliphatic heterocycles. The lowest BCUT2D eigenvalue weighted by atomic mass is 10.0. The quantitative estimate of drug-likeness (QED) is 0.288. The maximum atomic E-state index is 10.7. The number of nitrogens with one attached hydrogen (secondary N) is 1. The van der Waals surface area contributed by atoms with E-state index in [0.29, 0.717) is 28.8 Å². The van der Waals surface area contributed by atoms with Crippen LogP contribution in [0.25, 0.3) is 5.70 Å². The Morgan fingerprint density at radius 3 is 3.05 bits per heavy atom. The molecule has 1 aromatic rings. The molecule has 1 aliphatic carbocycles. The van der Waals surface area contributed by atoms with Gasteiger partial charge in [-0.25, -0.2) is 0 Å². The van der Waals surface area contributed by atoms with Crippen molar-refractivity contribution in [3.8, 4) is 12.3 Å². The average Bonchev–Trinajstić information content (AvgIpc) is 2.91. The first-order chi connectivity index (χ1) is 10.2. The van der Waals surface area contributed by atoms with Crippen molar-refractivity contribution in [1.29, 1.82) is 0 Å². The molecular weight excluding hydrogens is 284 g/mol. The summed E-state index contributed by atoms with van der Waals surface area (Å²) in [5.41, 5.74) is 10.2. The minimum Gasteiger partial charge on any atom is -0.496 e. The normalized spacial score (nSPS) is 14.0. The standard InChI is InChI=1S/C16H16N2O2S/c1-2-3-9-20-10-12-11-5-4-6-14(11)18-16(21)15(12)13(17)7-8-19/h1,3,7-9H,4-6,10,17H2,(H,18,21)/b9-3-,13-7-. The zero-order chi connectivity index (χ0) is 15.2. The Kier molecular flexibility index (Phi) is 4.96. The van der Waals surface area contributed by atoms with Gasteiger partial charge in [0.05, 0.1) is 6.26 Å². The van der Waals surface area contributed by atoms with E-state index < -0.39 is 0 Å². The SMILES string of the molecule is C#C/C=C\OCc1c2c([nH]c(=S)c1/C(N)=C/C=O)CCC2. The molecule has 0 bridgehead atoms. The highest BCUT2D eigenvalue weighted by Gasteiger charge is 2.21. The Labute approximate surface area is 128 Å². The highest BCUT2D eigenvalue weighted by atomic mass is 32.1. The fourth-order valence-electron chi connectivity index (χ4n) is 2.54. The predicted octanol–water partition coefficient (Wildman–Crippen LogP) is 2.39. The third kappa shape index (κ3) is 3.23. The average molecular weight is 300 g/mol. The smallest absolute Gasteiger partial charge is 0.144 e. The number of carbonyl (C=O) groups is 1. The number of ether oxygens (including phenoxy) is 1. The van der Waals surface area contributed by atoms with Crippen LogP contribution in [0, 0.1) is 17.0 Å². The van der Waals surface area contributed by atoms with Crippen LogP contribution in [-0.2, 0) is 29.0 Å². The van der Waals surface area contributed by atoms with Crippen molar-refractivity contribution < 1.29 is 9.53 Å². The number of aromatic amines is 1. The number of fused-ring (bicyclic) bond motifs is 1. The van der Waals surface area contributed by atoms with Crippen LogP contribution < -0.4 is 5.73 Å². The fourth-order valence-corrected chi connectivity index (χ4v) is 2.91. The summed E-state index contributed by atoms with van der Waals surface area (Å²) in [5, 5.41) is 0. The van der Waals surface area contributed by atoms with Crippen LogP contribution in [-0.4, -0.2) is 11.3 Å². The minimum atomic E-state index is 0.321. The number of rotatable bonds is 5. The predicted molar refractivity (Wildman–Crippen MR) is 84.6 cm³/mol. The molecule has 0 saturated carbocycles. The van der Waals surface area contributed by atoms with Crippen molar-refractivity contribution in [3.63, 3.8) is 0 Å². The van der Waals surface area contributed by atoms with Crippen LogP contribution in [0.2, 0.25) is 0 Å². The van der Waals surface area contributed by atoms with Gasteiger partial charge >= 0.3 is 0 Å². The number of hydrogen-bond acceptors (Lipinski definition) is 4. The Morgan fingerprint density at radius 2 is 2.33 bits per heavy atom. The zero-order valence-electron chi connectivity index (χ0n) is 11.5. The number of carbonyl (C=O) groups excluding carboxylic acids is 1. The summed E-state index contributed by atoms with van der Waals surface area (Å²) >= 11 is 5.37. The molecule has 2 rings (SSSR count). The highest BCUT2D eigenvalue weighted by Crippen LogP contribution is 2.29. The largest absolute Gasteiger partial charge is 0.496 e. The highest BCUT2D eigenvalue weighted by molar-refractivity contribution is 7.71. The third-order valence-electron chi connectivity index (χ3n) is 3.40. The number of pyridine rings is 1. The number of aldehydes is 1. The van der Waals surface area contributed by atoms with E-state index in [0.717, 1.165) is 30.5 Å². The summed E-state index contributed by atoms with van der Waals surface area (Å²) < 4.78 is 5.99. The molecular formula is C16H16N2O2S. The van der Waals surface area contributed by atoms with Crippen LogP contribution in [0.5, 0.6) is 0 Å². The van der Waals surface area contributed by atoms with Gasteiger partial charge in [-0.3, -0.25) is 4.79 Å². The zero-order valence-corrected chi connectivity index (χ0v) is 12.3. The van der Waals surface area contributed by atoms with Crippen molar-refractivity contribution in [2.45, 2.75) is 25.9 Å². The fraction of sp³-hybridized carbons (Fsp3) is 0.250. The van der Waals surface area contributed by atoms with Gasteiger partial charge in [-0.2, -0.15) is 0 Å². The maximum Gasteiger partial charge on any atom is 0.144 e. The third-order valence-corrected chi connectivity index (χ3v) is 3.71. The molecule has 0 saturated heterocycles. The van der Waals surface area contributed by atoms with Gasteiger partial charge in [-0.15, -0.1) is 6.42 Å². The summed E-state index contributed by atoms with van der Waals surface area (Å²) in [6.45, 7) is 0.321. The summed E-state index contributed by atoms with van der Waals surface area (Å²) in [6, 6.07) is 0. The number of allylic oxidation sites excluding steroid dienone is 2. The molecule has 108 valence electrons. The molecule has 0 radical (unpaired) electrons. The number of nitrogens with two attached hydrogens (primary N) is 1. The molecule has 0 atom stereocenters. The first kappa shape index (κ1) is 15.1. The van der Waals surface area contributed by atoms with Gasteiger partial charge in [0.15, 0.2) is 0 Å². The summed E-state index contributed by atoms with van der Waals surface area (Å²) in [4.78, 5) is 13.9. The van der Waals surface area contributed by atoms with Gasteiger partial charge < -0.3 is 15.5 Å². The molecule has 0 spiro atoms. The number of aromatic nitrogens is 1. The van der Waals surface area contributed by atoms with E-state index in [-0.39, 0.29) is 0 Å². The van der Waals surface area contributed by atoms with E-state index in [1.54, 1.807) is 0 Å². The molecule has 21 heavy (non-hydrogen) atoms. The van der Waals surface area contributed by atoms with Gasteiger partial charge in [-0.05, 0) is 24.8 Å². The summed E-state index contributed by atoms with van der Waals surface area (Å²) in [6.07, 6.45) is 13.0. The van der Waals surface area contributed by atoms with Crippen LogP contribution in [0.1, 0.15) is 28.8 Å². The lowest BCUT2D eigenvalue weighted by Crippen LogP contribution is -2.09. The van der Waals surface area contributed by atoms with Crippen molar-refractivity contribution >= 4 is 24.2 Å². The molecule has 1 heterocycles. The maximum absolute atomic E-state index is 10.7. The molecule has 0 amide bonds. The second kappa shape index (κ2) is 6.91. The second-order valence-corrected chi connectivity index (χ2v) is 5.07. The van der Waals surface area contributed by atoms with Gasteiger partial charge in [-0.1, -0.05) is 18.1 Å². The van der Waals surface area contributed by atoms with E-state index >= 15 is 0 Å². The van der Waals surface area contributed by atoms with Crippen molar-refractivity contribution in [2.24, 2.45) is 5.73 Å². The van der Waals surface area contributed by atoms with Gasteiger partial charge in [0.2, 0.25) is 0 Å². The first-order valence-electron chi connectivity index (χ1n) is 6.60. The van der Waals surface area contributed by atoms with Gasteiger partial charge in [0.25, 0.3) is 0 Å². The molecule has 0 fully saturated rings. The molecule has 0 aromatic carbocycles. The Balaban J connectivity index is 2.50. The van der Waals surface area contributed by atoms with E-state index in [1.807, 2.05) is 0 Å². The minimum absolute atomic E-state index is 0.321. The number of aryl methyl sites for hydroxylation is 1. The van der Waals surface area contributed by atoms with Crippen molar-refractivity contribution in [3.05, 3.63) is 45.4 Å². The number of H-pyrrole nitrogens is 1. The molecule has 0 unspecified atom stereocenters. The Morgan fingerprint density at radius 1 is 1.52 bits per heavy atom. The van der Waals surface area contributed by atoms with E-state index in [4.69, 9.17) is 29.1 Å². The first-order valence-corrected chi connectivity index (χ1v) is 7.00. The lowest BCUT2D eigenvalue weighted by Gasteiger charge is -2.15. The molecule has 3 N–H and O–H groups in total. The van der Waals surface area contributed by atoms with Crippen LogP contribution in [0.3, 0.4) is 0 Å². The monoisotopic (exact) mass is 300 g/mol. The van der Waals surface area contributed by atoms with E-state index in [9.17, 15) is 4.79 Å². The van der Waals surface area contributed by atoms with Crippen molar-refractivity contribution in [2.75, 3.05) is 0 Å². The van der Waals surface area contributed by atoms with E-state index in [2.05, 4.69) is 10.9 Å². The van der Waals surface area contributed by atoms with Crippen LogP contribution in [0.4, 0.5) is 0 Å². The summed E-state index contributed by atoms with van der Waals surface area (Å²) in [5.74, 6) is 2.36. The van der Waals surface area contributed by atoms with Gasteiger partial charge in [0.1, 0.15) is 17.5 Å². The summed E-state index contributed by atoms with van der Waals surface area (Å²) in [7, 11) is 0. The number of terminal acetylenes is 1. The topological polar surface area (TPSA) is 68.1 Å². The van der Waals surface area contributed by atoms with Crippen molar-refractivity contribution in [1.82, 2.24) is 4.98 Å². The van der Waals surface area contributed by atoms with Crippen LogP contribution in [0.15, 0.2) is 18.4 Å². The van der Waals surface area contributed by atoms with Crippen LogP contribution >= 0.6 is 12.2 Å². The molecule has 1 aliphatic rings. The Bertz CT molecular complexity index is 708. The number of hydrogen-bond donors (Lipinski definition) is 2. The lowest BCUT2D eigenvalue weighted by molar-refractivity contribution is -0.104. The Hall–Kier alpha value is -2.32. The molecule has 4 nitrogen and oxygen atoms in total.